The number of imidazole rings is 1. The fourth-order valence-corrected chi connectivity index (χ4v) is 2.67. The number of carbonyl (C=O) groups is 1. The summed E-state index contributed by atoms with van der Waals surface area (Å²) < 4.78 is 1.81. The van der Waals surface area contributed by atoms with Gasteiger partial charge in [-0.2, -0.15) is 0 Å². The van der Waals surface area contributed by atoms with Crippen molar-refractivity contribution in [1.29, 1.82) is 0 Å². The van der Waals surface area contributed by atoms with Gasteiger partial charge in [0, 0.05) is 24.6 Å². The van der Waals surface area contributed by atoms with Crippen molar-refractivity contribution in [2.24, 2.45) is 5.92 Å². The summed E-state index contributed by atoms with van der Waals surface area (Å²) in [6.07, 6.45) is 10.2. The van der Waals surface area contributed by atoms with Gasteiger partial charge in [0.25, 0.3) is 5.91 Å². The Kier molecular flexibility index (Phi) is 3.50. The third-order valence-corrected chi connectivity index (χ3v) is 3.81. The van der Waals surface area contributed by atoms with E-state index in [0.717, 1.165) is 18.7 Å². The minimum Gasteiger partial charge on any atom is -0.349 e. The first kappa shape index (κ1) is 12.8. The first-order valence-corrected chi connectivity index (χ1v) is 6.97. The number of nitrogens with zero attached hydrogens (tertiary/aromatic N) is 3. The van der Waals surface area contributed by atoms with Gasteiger partial charge in [-0.25, -0.2) is 9.97 Å². The van der Waals surface area contributed by atoms with E-state index in [9.17, 15) is 4.79 Å². The summed E-state index contributed by atoms with van der Waals surface area (Å²) in [5.74, 6) is 1.43. The quantitative estimate of drug-likeness (QED) is 0.930. The molecule has 5 nitrogen and oxygen atoms in total. The van der Waals surface area contributed by atoms with Gasteiger partial charge in [-0.05, 0) is 37.3 Å². The van der Waals surface area contributed by atoms with Gasteiger partial charge in [0.1, 0.15) is 12.1 Å². The molecule has 1 aliphatic carbocycles. The average Bonchev–Trinajstić information content (AvgIpc) is 3.11. The van der Waals surface area contributed by atoms with Crippen molar-refractivity contribution in [2.75, 3.05) is 0 Å². The number of hydrogen-bond acceptors (Lipinski definition) is 3. The lowest BCUT2D eigenvalue weighted by molar-refractivity contribution is 0.0937. The molecule has 1 aliphatic rings. The molecule has 2 aromatic rings. The summed E-state index contributed by atoms with van der Waals surface area (Å²) >= 11 is 0. The van der Waals surface area contributed by atoms with Crippen LogP contribution < -0.4 is 5.32 Å². The van der Waals surface area contributed by atoms with Crippen LogP contribution in [0.2, 0.25) is 0 Å². The van der Waals surface area contributed by atoms with E-state index in [1.54, 1.807) is 29.4 Å². The van der Waals surface area contributed by atoms with E-state index in [2.05, 4.69) is 22.2 Å². The normalized spacial score (nSPS) is 21.9. The van der Waals surface area contributed by atoms with Crippen molar-refractivity contribution in [3.63, 3.8) is 0 Å². The molecule has 0 saturated heterocycles. The summed E-state index contributed by atoms with van der Waals surface area (Å²) in [7, 11) is 0. The number of nitrogens with one attached hydrogen (secondary N) is 1. The Morgan fingerprint density at radius 1 is 1.40 bits per heavy atom. The van der Waals surface area contributed by atoms with Gasteiger partial charge >= 0.3 is 0 Å². The molecule has 1 N–H and O–H groups in total. The second kappa shape index (κ2) is 5.45. The first-order chi connectivity index (χ1) is 9.72. The molecule has 2 aromatic heterocycles. The van der Waals surface area contributed by atoms with Crippen molar-refractivity contribution in [1.82, 2.24) is 19.9 Å². The minimum absolute atomic E-state index is 0.0335. The van der Waals surface area contributed by atoms with Crippen molar-refractivity contribution in [3.05, 3.63) is 42.6 Å². The summed E-state index contributed by atoms with van der Waals surface area (Å²) in [6, 6.07) is 3.94. The predicted octanol–water partition coefficient (Wildman–Crippen LogP) is 2.19. The fraction of sp³-hybridized carbons (Fsp3) is 0.400. The Bertz CT molecular complexity index is 576. The molecule has 20 heavy (non-hydrogen) atoms. The van der Waals surface area contributed by atoms with Crippen LogP contribution in [0.5, 0.6) is 0 Å². The monoisotopic (exact) mass is 270 g/mol. The maximum atomic E-state index is 12.1. The Hall–Kier alpha value is -2.17. The highest BCUT2D eigenvalue weighted by Gasteiger charge is 2.23. The SMILES string of the molecule is CC1CCC(NC(=O)c2ccc(-n3ccnc3)nc2)C1. The van der Waals surface area contributed by atoms with Crippen molar-refractivity contribution in [3.8, 4) is 5.82 Å². The lowest BCUT2D eigenvalue weighted by atomic mass is 10.1. The molecule has 104 valence electrons. The third-order valence-electron chi connectivity index (χ3n) is 3.81. The van der Waals surface area contributed by atoms with Crippen molar-refractivity contribution in [2.45, 2.75) is 32.2 Å². The lowest BCUT2D eigenvalue weighted by Gasteiger charge is -2.12. The van der Waals surface area contributed by atoms with E-state index in [4.69, 9.17) is 0 Å². The molecular weight excluding hydrogens is 252 g/mol. The molecule has 0 spiro atoms. The van der Waals surface area contributed by atoms with Gasteiger partial charge in [0.15, 0.2) is 0 Å². The standard InChI is InChI=1S/C15H18N4O/c1-11-2-4-13(8-11)18-15(20)12-3-5-14(17-9-12)19-7-6-16-10-19/h3,5-7,9-11,13H,2,4,8H2,1H3,(H,18,20). The second-order valence-corrected chi connectivity index (χ2v) is 5.46. The van der Waals surface area contributed by atoms with Crippen LogP contribution in [-0.2, 0) is 0 Å². The molecule has 2 atom stereocenters. The zero-order valence-electron chi connectivity index (χ0n) is 11.5. The van der Waals surface area contributed by atoms with Crippen LogP contribution in [0.4, 0.5) is 0 Å². The van der Waals surface area contributed by atoms with Gasteiger partial charge in [-0.1, -0.05) is 6.92 Å². The van der Waals surface area contributed by atoms with Crippen LogP contribution in [0, 0.1) is 5.92 Å². The summed E-state index contributed by atoms with van der Waals surface area (Å²) in [5, 5.41) is 3.08. The topological polar surface area (TPSA) is 59.8 Å². The van der Waals surface area contributed by atoms with E-state index < -0.39 is 0 Å². The average molecular weight is 270 g/mol. The minimum atomic E-state index is -0.0335. The van der Waals surface area contributed by atoms with E-state index in [-0.39, 0.29) is 5.91 Å². The zero-order valence-corrected chi connectivity index (χ0v) is 11.5. The van der Waals surface area contributed by atoms with Crippen LogP contribution in [-0.4, -0.2) is 26.5 Å². The van der Waals surface area contributed by atoms with Crippen LogP contribution in [0.1, 0.15) is 36.5 Å². The molecule has 1 saturated carbocycles. The smallest absolute Gasteiger partial charge is 0.253 e. The zero-order chi connectivity index (χ0) is 13.9. The summed E-state index contributed by atoms with van der Waals surface area (Å²) in [6.45, 7) is 2.23. The molecule has 5 heteroatoms. The Labute approximate surface area is 118 Å². The van der Waals surface area contributed by atoms with Crippen molar-refractivity contribution < 1.29 is 4.79 Å². The van der Waals surface area contributed by atoms with Gasteiger partial charge in [-0.15, -0.1) is 0 Å². The molecule has 3 rings (SSSR count). The summed E-state index contributed by atoms with van der Waals surface area (Å²) in [4.78, 5) is 20.4. The molecule has 2 unspecified atom stereocenters. The maximum absolute atomic E-state index is 12.1. The third kappa shape index (κ3) is 2.71. The molecule has 0 radical (unpaired) electrons. The molecule has 0 aliphatic heterocycles. The van der Waals surface area contributed by atoms with E-state index in [1.165, 1.54) is 6.42 Å². The number of hydrogen-bond donors (Lipinski definition) is 1. The van der Waals surface area contributed by atoms with E-state index in [1.807, 2.05) is 12.3 Å². The van der Waals surface area contributed by atoms with Gasteiger partial charge in [0.2, 0.25) is 0 Å². The van der Waals surface area contributed by atoms with Gasteiger partial charge in [-0.3, -0.25) is 9.36 Å². The number of pyridine rings is 1. The second-order valence-electron chi connectivity index (χ2n) is 5.46. The number of aromatic nitrogens is 3. The number of amides is 1. The summed E-state index contributed by atoms with van der Waals surface area (Å²) in [5.41, 5.74) is 0.605. The van der Waals surface area contributed by atoms with Crippen LogP contribution in [0.3, 0.4) is 0 Å². The van der Waals surface area contributed by atoms with E-state index in [0.29, 0.717) is 17.5 Å². The van der Waals surface area contributed by atoms with Crippen LogP contribution in [0.25, 0.3) is 5.82 Å². The number of rotatable bonds is 3. The van der Waals surface area contributed by atoms with Gasteiger partial charge in [0.05, 0.1) is 5.56 Å². The van der Waals surface area contributed by atoms with Crippen molar-refractivity contribution >= 4 is 5.91 Å². The highest BCUT2D eigenvalue weighted by molar-refractivity contribution is 5.94. The fourth-order valence-electron chi connectivity index (χ4n) is 2.67. The molecular formula is C15H18N4O. The van der Waals surface area contributed by atoms with E-state index >= 15 is 0 Å². The van der Waals surface area contributed by atoms with Gasteiger partial charge < -0.3 is 5.32 Å². The number of carbonyl (C=O) groups excluding carboxylic acids is 1. The molecule has 2 heterocycles. The Morgan fingerprint density at radius 3 is 2.90 bits per heavy atom. The molecule has 0 bridgehead atoms. The highest BCUT2D eigenvalue weighted by atomic mass is 16.1. The maximum Gasteiger partial charge on any atom is 0.253 e. The Morgan fingerprint density at radius 2 is 2.30 bits per heavy atom. The molecule has 0 aromatic carbocycles. The highest BCUT2D eigenvalue weighted by Crippen LogP contribution is 2.24. The van der Waals surface area contributed by atoms with Crippen LogP contribution in [0.15, 0.2) is 37.1 Å². The lowest BCUT2D eigenvalue weighted by Crippen LogP contribution is -2.32. The first-order valence-electron chi connectivity index (χ1n) is 6.97. The largest absolute Gasteiger partial charge is 0.349 e. The molecule has 1 fully saturated rings. The predicted molar refractivity (Wildman–Crippen MR) is 75.6 cm³/mol. The Balaban J connectivity index is 1.66. The van der Waals surface area contributed by atoms with Crippen LogP contribution >= 0.6 is 0 Å². The molecule has 1 amide bonds.